The van der Waals surface area contributed by atoms with Gasteiger partial charge in [0.2, 0.25) is 0 Å². The first-order valence-electron chi connectivity index (χ1n) is 10.6. The van der Waals surface area contributed by atoms with Crippen LogP contribution in [0.2, 0.25) is 0 Å². The first-order chi connectivity index (χ1) is 14.8. The van der Waals surface area contributed by atoms with Crippen LogP contribution < -0.4 is 4.90 Å². The number of aromatic amines is 1. The summed E-state index contributed by atoms with van der Waals surface area (Å²) in [6.45, 7) is 4.56. The fourth-order valence-electron chi connectivity index (χ4n) is 4.37. The van der Waals surface area contributed by atoms with Gasteiger partial charge >= 0.3 is 0 Å². The summed E-state index contributed by atoms with van der Waals surface area (Å²) in [5, 5.41) is 1.31. The number of nitrogens with zero attached hydrogens (tertiary/aromatic N) is 1. The number of fused-ring (bicyclic) bond motifs is 1. The van der Waals surface area contributed by atoms with E-state index in [-0.39, 0.29) is 5.91 Å². The average Bonchev–Trinajstić information content (AvgIpc) is 3.23. The van der Waals surface area contributed by atoms with Crippen LogP contribution >= 0.6 is 0 Å². The van der Waals surface area contributed by atoms with Crippen LogP contribution in [0.15, 0.2) is 85.1 Å². The third-order valence-corrected chi connectivity index (χ3v) is 6.11. The van der Waals surface area contributed by atoms with E-state index in [1.165, 1.54) is 26.9 Å². The zero-order valence-electron chi connectivity index (χ0n) is 17.0. The van der Waals surface area contributed by atoms with Crippen molar-refractivity contribution in [3.63, 3.8) is 0 Å². The van der Waals surface area contributed by atoms with Crippen LogP contribution in [0.1, 0.15) is 15.9 Å². The topological polar surface area (TPSA) is 40.5 Å². The number of para-hydroxylation sites is 1. The van der Waals surface area contributed by atoms with Crippen LogP contribution in [0.4, 0.5) is 0 Å². The van der Waals surface area contributed by atoms with Crippen molar-refractivity contribution in [2.45, 2.75) is 6.54 Å². The normalized spacial score (nSPS) is 14.9. The van der Waals surface area contributed by atoms with Crippen LogP contribution in [0.3, 0.4) is 0 Å². The minimum Gasteiger partial charge on any atom is -0.361 e. The molecule has 1 aliphatic rings. The predicted molar refractivity (Wildman–Crippen MR) is 120 cm³/mol. The lowest BCUT2D eigenvalue weighted by Crippen LogP contribution is -3.13. The molecule has 0 radical (unpaired) electrons. The van der Waals surface area contributed by atoms with Gasteiger partial charge in [0, 0.05) is 28.2 Å². The molecule has 0 unspecified atom stereocenters. The molecule has 3 aromatic carbocycles. The molecule has 0 bridgehead atoms. The summed E-state index contributed by atoms with van der Waals surface area (Å²) in [7, 11) is 0. The molecular formula is C26H26N3O+. The summed E-state index contributed by atoms with van der Waals surface area (Å²) < 4.78 is 0. The molecule has 0 spiro atoms. The molecule has 1 aliphatic heterocycles. The number of carbonyl (C=O) groups excluding carboxylic acids is 1. The van der Waals surface area contributed by atoms with Gasteiger partial charge in [-0.2, -0.15) is 0 Å². The molecule has 1 fully saturated rings. The van der Waals surface area contributed by atoms with Gasteiger partial charge in [-0.3, -0.25) is 4.79 Å². The first-order valence-corrected chi connectivity index (χ1v) is 10.6. The number of hydrogen-bond donors (Lipinski definition) is 2. The van der Waals surface area contributed by atoms with Crippen LogP contribution in [-0.4, -0.2) is 42.0 Å². The van der Waals surface area contributed by atoms with Crippen molar-refractivity contribution < 1.29 is 9.69 Å². The van der Waals surface area contributed by atoms with Crippen LogP contribution in [-0.2, 0) is 6.54 Å². The number of quaternary nitrogens is 1. The van der Waals surface area contributed by atoms with Crippen molar-refractivity contribution in [2.75, 3.05) is 26.2 Å². The molecule has 2 heterocycles. The highest BCUT2D eigenvalue weighted by atomic mass is 16.2. The molecule has 0 atom stereocenters. The van der Waals surface area contributed by atoms with Gasteiger partial charge in [0.1, 0.15) is 6.54 Å². The average molecular weight is 397 g/mol. The number of nitrogens with one attached hydrogen (secondary N) is 2. The maximum Gasteiger partial charge on any atom is 0.254 e. The number of H-pyrrole nitrogens is 1. The van der Waals surface area contributed by atoms with E-state index < -0.39 is 0 Å². The molecular weight excluding hydrogens is 370 g/mol. The lowest BCUT2D eigenvalue weighted by Gasteiger charge is -2.32. The van der Waals surface area contributed by atoms with E-state index in [4.69, 9.17) is 0 Å². The molecule has 4 nitrogen and oxygen atoms in total. The van der Waals surface area contributed by atoms with Crippen LogP contribution in [0.25, 0.3) is 22.0 Å². The molecule has 0 aliphatic carbocycles. The van der Waals surface area contributed by atoms with E-state index in [9.17, 15) is 4.79 Å². The fraction of sp³-hybridized carbons (Fsp3) is 0.192. The zero-order valence-corrected chi connectivity index (χ0v) is 17.0. The van der Waals surface area contributed by atoms with E-state index in [0.29, 0.717) is 0 Å². The minimum atomic E-state index is 0.140. The summed E-state index contributed by atoms with van der Waals surface area (Å²) in [6.07, 6.45) is 2.13. The van der Waals surface area contributed by atoms with Crippen molar-refractivity contribution in [2.24, 2.45) is 0 Å². The number of rotatable bonds is 4. The maximum absolute atomic E-state index is 13.0. The van der Waals surface area contributed by atoms with Gasteiger partial charge in [-0.1, -0.05) is 60.7 Å². The minimum absolute atomic E-state index is 0.140. The van der Waals surface area contributed by atoms with E-state index in [2.05, 4.69) is 47.6 Å². The quantitative estimate of drug-likeness (QED) is 0.546. The summed E-state index contributed by atoms with van der Waals surface area (Å²) in [6, 6.07) is 26.7. The summed E-state index contributed by atoms with van der Waals surface area (Å²) in [5.41, 5.74) is 5.64. The maximum atomic E-state index is 13.0. The second-order valence-electron chi connectivity index (χ2n) is 8.02. The van der Waals surface area contributed by atoms with Crippen molar-refractivity contribution in [3.05, 3.63) is 96.2 Å². The van der Waals surface area contributed by atoms with E-state index in [1.807, 2.05) is 47.4 Å². The Kier molecular flexibility index (Phi) is 5.08. The van der Waals surface area contributed by atoms with Gasteiger partial charge in [-0.05, 0) is 29.3 Å². The molecule has 2 N–H and O–H groups in total. The molecule has 0 saturated carbocycles. The highest BCUT2D eigenvalue weighted by molar-refractivity contribution is 5.94. The predicted octanol–water partition coefficient (Wildman–Crippen LogP) is 3.38. The number of aromatic nitrogens is 1. The summed E-state index contributed by atoms with van der Waals surface area (Å²) in [5.74, 6) is 0.140. The highest BCUT2D eigenvalue weighted by Gasteiger charge is 2.25. The lowest BCUT2D eigenvalue weighted by molar-refractivity contribution is -0.917. The SMILES string of the molecule is O=C(c1ccc(-c2ccccc2)cc1)N1CC[NH+](Cc2c[nH]c3ccccc23)CC1. The summed E-state index contributed by atoms with van der Waals surface area (Å²) in [4.78, 5) is 19.8. The van der Waals surface area contributed by atoms with Gasteiger partial charge in [-0.15, -0.1) is 0 Å². The standard InChI is InChI=1S/C26H25N3O/c30-26(22-12-10-21(11-13-22)20-6-2-1-3-7-20)29-16-14-28(15-17-29)19-23-18-27-25-9-5-4-8-24(23)25/h1-13,18,27H,14-17,19H2/p+1. The Labute approximate surface area is 176 Å². The largest absolute Gasteiger partial charge is 0.361 e. The number of carbonyl (C=O) groups is 1. The Hall–Kier alpha value is -3.37. The van der Waals surface area contributed by atoms with E-state index >= 15 is 0 Å². The number of hydrogen-bond acceptors (Lipinski definition) is 1. The molecule has 150 valence electrons. The van der Waals surface area contributed by atoms with Crippen LogP contribution in [0, 0.1) is 0 Å². The Morgan fingerprint density at radius 1 is 0.833 bits per heavy atom. The molecule has 1 saturated heterocycles. The molecule has 30 heavy (non-hydrogen) atoms. The lowest BCUT2D eigenvalue weighted by atomic mass is 10.0. The first kappa shape index (κ1) is 18.6. The van der Waals surface area contributed by atoms with Gasteiger partial charge < -0.3 is 14.8 Å². The van der Waals surface area contributed by atoms with E-state index in [0.717, 1.165) is 43.9 Å². The number of piperazine rings is 1. The van der Waals surface area contributed by atoms with E-state index in [1.54, 1.807) is 0 Å². The smallest absolute Gasteiger partial charge is 0.254 e. The van der Waals surface area contributed by atoms with Gasteiger partial charge in [0.15, 0.2) is 0 Å². The molecule has 5 rings (SSSR count). The van der Waals surface area contributed by atoms with Crippen molar-refractivity contribution in [3.8, 4) is 11.1 Å². The molecule has 1 aromatic heterocycles. The van der Waals surface area contributed by atoms with Crippen molar-refractivity contribution in [1.82, 2.24) is 9.88 Å². The second kappa shape index (κ2) is 8.17. The van der Waals surface area contributed by atoms with Gasteiger partial charge in [-0.25, -0.2) is 0 Å². The monoisotopic (exact) mass is 396 g/mol. The van der Waals surface area contributed by atoms with Crippen molar-refractivity contribution >= 4 is 16.8 Å². The molecule has 1 amide bonds. The molecule has 4 aromatic rings. The number of benzene rings is 3. The van der Waals surface area contributed by atoms with Gasteiger partial charge in [0.25, 0.3) is 5.91 Å². The fourth-order valence-corrected chi connectivity index (χ4v) is 4.37. The number of amides is 1. The third-order valence-electron chi connectivity index (χ3n) is 6.11. The van der Waals surface area contributed by atoms with Crippen LogP contribution in [0.5, 0.6) is 0 Å². The third kappa shape index (κ3) is 3.74. The Bertz CT molecular complexity index is 1140. The summed E-state index contributed by atoms with van der Waals surface area (Å²) >= 11 is 0. The second-order valence-corrected chi connectivity index (χ2v) is 8.02. The zero-order chi connectivity index (χ0) is 20.3. The molecule has 4 heteroatoms. The Morgan fingerprint density at radius 3 is 2.27 bits per heavy atom. The highest BCUT2D eigenvalue weighted by Crippen LogP contribution is 2.20. The Balaban J connectivity index is 1.20. The Morgan fingerprint density at radius 2 is 1.50 bits per heavy atom. The van der Waals surface area contributed by atoms with Gasteiger partial charge in [0.05, 0.1) is 26.2 Å². The van der Waals surface area contributed by atoms with Crippen molar-refractivity contribution in [1.29, 1.82) is 0 Å².